The minimum atomic E-state index is -0.103. The van der Waals surface area contributed by atoms with E-state index in [-0.39, 0.29) is 5.91 Å². The molecule has 0 saturated carbocycles. The second kappa shape index (κ2) is 7.70. The first-order valence-electron chi connectivity index (χ1n) is 7.68. The number of aryl methyl sites for hydroxylation is 1. The zero-order chi connectivity index (χ0) is 16.8. The fourth-order valence-corrected chi connectivity index (χ4v) is 2.82. The van der Waals surface area contributed by atoms with Crippen LogP contribution in [0.4, 0.5) is 0 Å². The van der Waals surface area contributed by atoms with Crippen LogP contribution in [0.1, 0.15) is 16.3 Å². The van der Waals surface area contributed by atoms with Crippen LogP contribution < -0.4 is 5.32 Å². The summed E-state index contributed by atoms with van der Waals surface area (Å²) in [5.74, 6) is -0.103. The van der Waals surface area contributed by atoms with E-state index in [4.69, 9.17) is 0 Å². The maximum atomic E-state index is 11.8. The minimum absolute atomic E-state index is 0.103. The Kier molecular flexibility index (Phi) is 5.18. The van der Waals surface area contributed by atoms with E-state index in [0.29, 0.717) is 6.54 Å². The largest absolute Gasteiger partial charge is 0.352 e. The van der Waals surface area contributed by atoms with E-state index < -0.39 is 0 Å². The number of hydrogen-bond acceptors (Lipinski definition) is 4. The van der Waals surface area contributed by atoms with E-state index in [0.717, 1.165) is 22.8 Å². The van der Waals surface area contributed by atoms with Crippen LogP contribution in [0.5, 0.6) is 0 Å². The summed E-state index contributed by atoms with van der Waals surface area (Å²) in [6, 6.07) is 10.0. The molecular weight excluding hydrogens is 320 g/mol. The lowest BCUT2D eigenvalue weighted by molar-refractivity contribution is -0.116. The predicted molar refractivity (Wildman–Crippen MR) is 96.2 cm³/mol. The van der Waals surface area contributed by atoms with Gasteiger partial charge in [0, 0.05) is 30.4 Å². The third kappa shape index (κ3) is 4.39. The Balaban J connectivity index is 1.46. The van der Waals surface area contributed by atoms with Crippen molar-refractivity contribution in [2.45, 2.75) is 13.3 Å². The molecule has 1 amide bonds. The third-order valence-corrected chi connectivity index (χ3v) is 4.25. The van der Waals surface area contributed by atoms with E-state index in [1.165, 1.54) is 11.6 Å². The van der Waals surface area contributed by atoms with Crippen molar-refractivity contribution in [3.05, 3.63) is 70.4 Å². The SMILES string of the molecule is Cc1nc(/C=C/C(=O)NCCc2ccc(-n3cccn3)cc2)cs1. The molecule has 24 heavy (non-hydrogen) atoms. The molecule has 122 valence electrons. The first kappa shape index (κ1) is 16.1. The van der Waals surface area contributed by atoms with Crippen LogP contribution >= 0.6 is 11.3 Å². The van der Waals surface area contributed by atoms with Gasteiger partial charge < -0.3 is 5.32 Å². The summed E-state index contributed by atoms with van der Waals surface area (Å²) in [7, 11) is 0. The molecule has 0 aliphatic carbocycles. The molecular formula is C18H18N4OS. The monoisotopic (exact) mass is 338 g/mol. The van der Waals surface area contributed by atoms with Crippen LogP contribution in [0.25, 0.3) is 11.8 Å². The Labute approximate surface area is 144 Å². The second-order valence-electron chi connectivity index (χ2n) is 5.28. The van der Waals surface area contributed by atoms with Gasteiger partial charge in [0.05, 0.1) is 16.4 Å². The second-order valence-corrected chi connectivity index (χ2v) is 6.35. The number of carbonyl (C=O) groups is 1. The molecule has 0 unspecified atom stereocenters. The van der Waals surface area contributed by atoms with Gasteiger partial charge in [0.25, 0.3) is 0 Å². The molecule has 0 bridgehead atoms. The van der Waals surface area contributed by atoms with Gasteiger partial charge in [0.2, 0.25) is 5.91 Å². The van der Waals surface area contributed by atoms with Crippen molar-refractivity contribution in [2.75, 3.05) is 6.54 Å². The lowest BCUT2D eigenvalue weighted by Crippen LogP contribution is -2.23. The van der Waals surface area contributed by atoms with E-state index in [2.05, 4.69) is 27.5 Å². The normalized spacial score (nSPS) is 11.0. The molecule has 3 aromatic rings. The van der Waals surface area contributed by atoms with Gasteiger partial charge in [-0.3, -0.25) is 4.79 Å². The number of thiazole rings is 1. The number of nitrogens with one attached hydrogen (secondary N) is 1. The molecule has 1 N–H and O–H groups in total. The molecule has 0 fully saturated rings. The van der Waals surface area contributed by atoms with Gasteiger partial charge in [-0.05, 0) is 43.2 Å². The highest BCUT2D eigenvalue weighted by atomic mass is 32.1. The van der Waals surface area contributed by atoms with Crippen molar-refractivity contribution in [3.8, 4) is 5.69 Å². The molecule has 5 nitrogen and oxygen atoms in total. The average Bonchev–Trinajstić information content (AvgIpc) is 3.25. The van der Waals surface area contributed by atoms with Gasteiger partial charge in [-0.2, -0.15) is 5.10 Å². The van der Waals surface area contributed by atoms with Crippen LogP contribution in [0.2, 0.25) is 0 Å². The molecule has 2 heterocycles. The fourth-order valence-electron chi connectivity index (χ4n) is 2.24. The Morgan fingerprint density at radius 3 is 2.83 bits per heavy atom. The maximum Gasteiger partial charge on any atom is 0.244 e. The Morgan fingerprint density at radius 2 is 2.17 bits per heavy atom. The summed E-state index contributed by atoms with van der Waals surface area (Å²) in [5, 5.41) is 10.0. The summed E-state index contributed by atoms with van der Waals surface area (Å²) in [4.78, 5) is 16.1. The molecule has 1 aromatic carbocycles. The van der Waals surface area contributed by atoms with E-state index in [9.17, 15) is 4.79 Å². The first-order chi connectivity index (χ1) is 11.7. The molecule has 0 aliphatic heterocycles. The summed E-state index contributed by atoms with van der Waals surface area (Å²) in [5.41, 5.74) is 3.02. The molecule has 2 aromatic heterocycles. The first-order valence-corrected chi connectivity index (χ1v) is 8.56. The smallest absolute Gasteiger partial charge is 0.244 e. The highest BCUT2D eigenvalue weighted by Crippen LogP contribution is 2.10. The fraction of sp³-hybridized carbons (Fsp3) is 0.167. The molecule has 0 atom stereocenters. The van der Waals surface area contributed by atoms with Crippen LogP contribution in [0.15, 0.2) is 54.2 Å². The molecule has 0 aliphatic rings. The standard InChI is InChI=1S/C18H18N4OS/c1-14-21-16(13-24-14)5-8-18(23)19-11-9-15-3-6-17(7-4-15)22-12-2-10-20-22/h2-8,10,12-13H,9,11H2,1H3,(H,19,23)/b8-5+. The van der Waals surface area contributed by atoms with Gasteiger partial charge in [-0.25, -0.2) is 9.67 Å². The summed E-state index contributed by atoms with van der Waals surface area (Å²) >= 11 is 1.57. The average molecular weight is 338 g/mol. The van der Waals surface area contributed by atoms with Crippen molar-refractivity contribution in [3.63, 3.8) is 0 Å². The topological polar surface area (TPSA) is 59.8 Å². The molecule has 0 saturated heterocycles. The predicted octanol–water partition coefficient (Wildman–Crippen LogP) is 3.01. The van der Waals surface area contributed by atoms with Crippen molar-refractivity contribution < 1.29 is 4.79 Å². The number of hydrogen-bond donors (Lipinski definition) is 1. The molecule has 0 radical (unpaired) electrons. The van der Waals surface area contributed by atoms with Crippen LogP contribution in [0.3, 0.4) is 0 Å². The van der Waals surface area contributed by atoms with Crippen LogP contribution in [-0.4, -0.2) is 27.2 Å². The van der Waals surface area contributed by atoms with E-state index in [1.54, 1.807) is 23.6 Å². The summed E-state index contributed by atoms with van der Waals surface area (Å²) < 4.78 is 1.82. The van der Waals surface area contributed by atoms with Gasteiger partial charge in [0.15, 0.2) is 0 Å². The Morgan fingerprint density at radius 1 is 1.33 bits per heavy atom. The van der Waals surface area contributed by atoms with Crippen molar-refractivity contribution >= 4 is 23.3 Å². The number of rotatable bonds is 6. The highest BCUT2D eigenvalue weighted by molar-refractivity contribution is 7.09. The Hall–Kier alpha value is -2.73. The van der Waals surface area contributed by atoms with Gasteiger partial charge >= 0.3 is 0 Å². The highest BCUT2D eigenvalue weighted by Gasteiger charge is 2.00. The Bertz CT molecular complexity index is 819. The molecule has 6 heteroatoms. The van der Waals surface area contributed by atoms with Crippen LogP contribution in [-0.2, 0) is 11.2 Å². The number of aromatic nitrogens is 3. The van der Waals surface area contributed by atoms with Crippen LogP contribution in [0, 0.1) is 6.92 Å². The van der Waals surface area contributed by atoms with Crippen molar-refractivity contribution in [2.24, 2.45) is 0 Å². The van der Waals surface area contributed by atoms with Crippen molar-refractivity contribution in [1.29, 1.82) is 0 Å². The molecule has 0 spiro atoms. The third-order valence-electron chi connectivity index (χ3n) is 3.46. The number of benzene rings is 1. The number of carbonyl (C=O) groups excluding carboxylic acids is 1. The van der Waals surface area contributed by atoms with Crippen molar-refractivity contribution in [1.82, 2.24) is 20.1 Å². The minimum Gasteiger partial charge on any atom is -0.352 e. The zero-order valence-corrected chi connectivity index (χ0v) is 14.2. The number of amides is 1. The quantitative estimate of drug-likeness (QED) is 0.703. The van der Waals surface area contributed by atoms with Gasteiger partial charge in [-0.1, -0.05) is 12.1 Å². The van der Waals surface area contributed by atoms with E-state index in [1.807, 2.05) is 41.4 Å². The number of nitrogens with zero attached hydrogens (tertiary/aromatic N) is 3. The lowest BCUT2D eigenvalue weighted by Gasteiger charge is -2.05. The summed E-state index contributed by atoms with van der Waals surface area (Å²) in [6.45, 7) is 2.54. The van der Waals surface area contributed by atoms with E-state index >= 15 is 0 Å². The zero-order valence-electron chi connectivity index (χ0n) is 13.3. The lowest BCUT2D eigenvalue weighted by atomic mass is 10.1. The maximum absolute atomic E-state index is 11.8. The van der Waals surface area contributed by atoms with Gasteiger partial charge in [0.1, 0.15) is 0 Å². The van der Waals surface area contributed by atoms with Gasteiger partial charge in [-0.15, -0.1) is 11.3 Å². The summed E-state index contributed by atoms with van der Waals surface area (Å²) in [6.07, 6.45) is 7.71. The molecule has 3 rings (SSSR count).